The van der Waals surface area contributed by atoms with Crippen molar-refractivity contribution in [1.29, 1.82) is 0 Å². The molecule has 0 saturated heterocycles. The summed E-state index contributed by atoms with van der Waals surface area (Å²) < 4.78 is 91.8. The van der Waals surface area contributed by atoms with Gasteiger partial charge in [0.2, 0.25) is 0 Å². The quantitative estimate of drug-likeness (QED) is 0.374. The lowest BCUT2D eigenvalue weighted by Crippen LogP contribution is -2.48. The van der Waals surface area contributed by atoms with Gasteiger partial charge < -0.3 is 9.84 Å². The molecule has 0 fully saturated rings. The van der Waals surface area contributed by atoms with Gasteiger partial charge in [-0.1, -0.05) is 0 Å². The molecule has 0 aliphatic heterocycles. The van der Waals surface area contributed by atoms with Gasteiger partial charge in [-0.25, -0.2) is 17.6 Å². The van der Waals surface area contributed by atoms with Gasteiger partial charge in [0.25, 0.3) is 0 Å². The minimum Gasteiger partial charge on any atom is -0.489 e. The van der Waals surface area contributed by atoms with Crippen LogP contribution in [0.25, 0.3) is 0 Å². The molecular formula is C21H14F6N6O2. The molecule has 0 radical (unpaired) electrons. The fraction of sp³-hybridized carbons (Fsp3) is 0.190. The topological polar surface area (TPSA) is 98.8 Å². The first-order chi connectivity index (χ1) is 16.6. The molecule has 0 bridgehead atoms. The molecule has 8 nitrogen and oxygen atoms in total. The molecule has 0 amide bonds. The van der Waals surface area contributed by atoms with Crippen LogP contribution in [0.4, 0.5) is 26.3 Å². The van der Waals surface area contributed by atoms with Crippen molar-refractivity contribution in [3.05, 3.63) is 94.8 Å². The first-order valence-corrected chi connectivity index (χ1v) is 9.78. The molecule has 182 valence electrons. The maximum Gasteiger partial charge on any atom is 0.323 e. The summed E-state index contributed by atoms with van der Waals surface area (Å²) in [5.41, 5.74) is -5.47. The Kier molecular flexibility index (Phi) is 6.39. The molecule has 4 aromatic rings. The second-order valence-corrected chi connectivity index (χ2v) is 7.35. The normalized spacial score (nSPS) is 13.5. The second-order valence-electron chi connectivity index (χ2n) is 7.35. The predicted molar refractivity (Wildman–Crippen MR) is 105 cm³/mol. The first-order valence-electron chi connectivity index (χ1n) is 9.78. The Balaban J connectivity index is 1.70. The number of nitrogens with zero attached hydrogens (tertiary/aromatic N) is 6. The highest BCUT2D eigenvalue weighted by atomic mass is 19.3. The Hall–Kier alpha value is -4.07. The van der Waals surface area contributed by atoms with Crippen molar-refractivity contribution in [1.82, 2.24) is 30.6 Å². The van der Waals surface area contributed by atoms with Gasteiger partial charge in [-0.15, -0.1) is 4.80 Å². The van der Waals surface area contributed by atoms with E-state index in [2.05, 4.69) is 25.8 Å². The van der Waals surface area contributed by atoms with Gasteiger partial charge in [0.15, 0.2) is 5.60 Å². The average molecular weight is 496 g/mol. The third kappa shape index (κ3) is 4.77. The van der Waals surface area contributed by atoms with E-state index >= 15 is 8.78 Å². The van der Waals surface area contributed by atoms with Crippen LogP contribution in [0.2, 0.25) is 0 Å². The van der Waals surface area contributed by atoms with E-state index in [9.17, 15) is 22.7 Å². The van der Waals surface area contributed by atoms with Crippen molar-refractivity contribution in [3.8, 4) is 5.75 Å². The summed E-state index contributed by atoms with van der Waals surface area (Å²) in [6.07, 6.45) is 0.927. The van der Waals surface area contributed by atoms with E-state index in [0.29, 0.717) is 29.1 Å². The van der Waals surface area contributed by atoms with Gasteiger partial charge in [-0.3, -0.25) is 4.98 Å². The molecule has 2 heterocycles. The average Bonchev–Trinajstić information content (AvgIpc) is 3.31. The zero-order valence-electron chi connectivity index (χ0n) is 17.4. The van der Waals surface area contributed by atoms with Gasteiger partial charge in [-0.2, -0.15) is 8.78 Å². The van der Waals surface area contributed by atoms with Crippen molar-refractivity contribution >= 4 is 0 Å². The summed E-state index contributed by atoms with van der Waals surface area (Å²) in [7, 11) is 0. The van der Waals surface area contributed by atoms with Crippen molar-refractivity contribution in [2.45, 2.75) is 24.7 Å². The summed E-state index contributed by atoms with van der Waals surface area (Å²) in [6, 6.07) is 6.36. The molecular weight excluding hydrogens is 482 g/mol. The molecule has 0 spiro atoms. The summed E-state index contributed by atoms with van der Waals surface area (Å²) >= 11 is 0. The van der Waals surface area contributed by atoms with Gasteiger partial charge >= 0.3 is 5.92 Å². The molecule has 1 N–H and O–H groups in total. The van der Waals surface area contributed by atoms with Crippen LogP contribution in [0.3, 0.4) is 0 Å². The standard InChI is InChI=1S/C21H14F6N6O2/c22-13-2-1-12(17(24)7-13)10-35-15-5-6-28-19(9-15)21(26,27)20(34,11-33-31-29-30-32-33)16-4-3-14(23)8-18(16)25/h1-9,34H,10-11H2. The van der Waals surface area contributed by atoms with E-state index in [-0.39, 0.29) is 11.3 Å². The van der Waals surface area contributed by atoms with E-state index in [0.717, 1.165) is 24.4 Å². The van der Waals surface area contributed by atoms with Crippen molar-refractivity contribution in [2.75, 3.05) is 0 Å². The van der Waals surface area contributed by atoms with Crippen LogP contribution in [-0.4, -0.2) is 35.7 Å². The lowest BCUT2D eigenvalue weighted by molar-refractivity contribution is -0.209. The molecule has 1 atom stereocenters. The Morgan fingerprint density at radius 1 is 0.857 bits per heavy atom. The third-order valence-electron chi connectivity index (χ3n) is 5.06. The highest BCUT2D eigenvalue weighted by molar-refractivity contribution is 5.33. The Morgan fingerprint density at radius 2 is 1.51 bits per heavy atom. The molecule has 2 aromatic carbocycles. The molecule has 35 heavy (non-hydrogen) atoms. The Labute approximate surface area is 192 Å². The second kappa shape index (κ2) is 9.29. The monoisotopic (exact) mass is 496 g/mol. The van der Waals surface area contributed by atoms with Crippen LogP contribution in [-0.2, 0) is 24.7 Å². The molecule has 1 unspecified atom stereocenters. The third-order valence-corrected chi connectivity index (χ3v) is 5.06. The number of rotatable bonds is 8. The van der Waals surface area contributed by atoms with Crippen LogP contribution in [0, 0.1) is 23.3 Å². The van der Waals surface area contributed by atoms with Gasteiger partial charge in [0.1, 0.15) is 47.9 Å². The highest BCUT2D eigenvalue weighted by Crippen LogP contribution is 2.47. The van der Waals surface area contributed by atoms with Gasteiger partial charge in [-0.05, 0) is 51.2 Å². The SMILES string of the molecule is OC(Cn1nnnn1)(c1ccc(F)cc1F)C(F)(F)c1cc(OCc2ccc(F)cc2F)ccn1. The first kappa shape index (κ1) is 24.1. The zero-order valence-corrected chi connectivity index (χ0v) is 17.4. The van der Waals surface area contributed by atoms with Crippen LogP contribution in [0.5, 0.6) is 5.75 Å². The van der Waals surface area contributed by atoms with Crippen LogP contribution in [0.15, 0.2) is 54.7 Å². The van der Waals surface area contributed by atoms with E-state index < -0.39 is 59.2 Å². The molecule has 0 aliphatic rings. The lowest BCUT2D eigenvalue weighted by Gasteiger charge is -2.35. The number of halogens is 6. The highest BCUT2D eigenvalue weighted by Gasteiger charge is 2.58. The van der Waals surface area contributed by atoms with Crippen LogP contribution < -0.4 is 4.74 Å². The number of aliphatic hydroxyl groups is 1. The summed E-state index contributed by atoms with van der Waals surface area (Å²) in [5, 5.41) is 24.0. The smallest absolute Gasteiger partial charge is 0.323 e. The Bertz CT molecular complexity index is 1340. The summed E-state index contributed by atoms with van der Waals surface area (Å²) in [6.45, 7) is -1.57. The van der Waals surface area contributed by atoms with E-state index in [1.165, 1.54) is 6.07 Å². The van der Waals surface area contributed by atoms with Crippen LogP contribution >= 0.6 is 0 Å². The Morgan fingerprint density at radius 3 is 2.17 bits per heavy atom. The molecule has 2 aromatic heterocycles. The number of pyridine rings is 1. The predicted octanol–water partition coefficient (Wildman–Crippen LogP) is 3.28. The fourth-order valence-electron chi connectivity index (χ4n) is 3.28. The lowest BCUT2D eigenvalue weighted by atomic mass is 9.84. The molecule has 4 rings (SSSR count). The minimum atomic E-state index is -4.33. The number of ether oxygens (including phenoxy) is 1. The molecule has 0 saturated carbocycles. The van der Waals surface area contributed by atoms with Gasteiger partial charge in [0.05, 0.1) is 0 Å². The van der Waals surface area contributed by atoms with E-state index in [1.54, 1.807) is 0 Å². The van der Waals surface area contributed by atoms with Crippen molar-refractivity contribution in [3.63, 3.8) is 0 Å². The number of hydrogen-bond donors (Lipinski definition) is 1. The maximum absolute atomic E-state index is 15.8. The maximum atomic E-state index is 15.8. The minimum absolute atomic E-state index is 0.0498. The number of alkyl halides is 2. The van der Waals surface area contributed by atoms with Crippen molar-refractivity contribution in [2.24, 2.45) is 0 Å². The molecule has 14 heteroatoms. The van der Waals surface area contributed by atoms with E-state index in [4.69, 9.17) is 4.74 Å². The number of benzene rings is 2. The summed E-state index contributed by atoms with van der Waals surface area (Å²) in [4.78, 5) is 4.07. The van der Waals surface area contributed by atoms with Gasteiger partial charge in [0, 0.05) is 35.5 Å². The largest absolute Gasteiger partial charge is 0.489 e. The van der Waals surface area contributed by atoms with Crippen molar-refractivity contribution < 1.29 is 36.2 Å². The van der Waals surface area contributed by atoms with Crippen LogP contribution in [0.1, 0.15) is 16.8 Å². The number of aromatic nitrogens is 6. The zero-order chi connectivity index (χ0) is 25.2. The summed E-state index contributed by atoms with van der Waals surface area (Å²) in [5.74, 6) is -8.76. The fourth-order valence-corrected chi connectivity index (χ4v) is 3.28. The van der Waals surface area contributed by atoms with E-state index in [1.807, 2.05) is 0 Å². The number of hydrogen-bond acceptors (Lipinski definition) is 7. The molecule has 0 aliphatic carbocycles.